The predicted octanol–water partition coefficient (Wildman–Crippen LogP) is 1.58. The molecule has 1 aromatic rings. The predicted molar refractivity (Wildman–Crippen MR) is 73.4 cm³/mol. The number of aryl methyl sites for hydroxylation is 1. The van der Waals surface area contributed by atoms with Gasteiger partial charge in [0.15, 0.2) is 0 Å². The number of nitrogens with zero attached hydrogens (tertiary/aromatic N) is 1. The quantitative estimate of drug-likeness (QED) is 0.462. The van der Waals surface area contributed by atoms with Crippen molar-refractivity contribution in [2.45, 2.75) is 6.92 Å². The van der Waals surface area contributed by atoms with Crippen LogP contribution in [0.25, 0.3) is 0 Å². The van der Waals surface area contributed by atoms with Crippen LogP contribution in [0.1, 0.15) is 5.56 Å². The third-order valence-electron chi connectivity index (χ3n) is 2.36. The van der Waals surface area contributed by atoms with E-state index in [9.17, 15) is 4.79 Å². The molecule has 0 fully saturated rings. The maximum Gasteiger partial charge on any atom is 0.263 e. The highest BCUT2D eigenvalue weighted by molar-refractivity contribution is 5.97. The average Bonchev–Trinajstić information content (AvgIpc) is 2.40. The number of methoxy groups -OCH3 is 1. The Bertz CT molecular complexity index is 504. The van der Waals surface area contributed by atoms with Gasteiger partial charge in [0.1, 0.15) is 11.6 Å². The summed E-state index contributed by atoms with van der Waals surface area (Å²) in [6.07, 6.45) is 1.40. The molecular formula is C14H17N3O2. The van der Waals surface area contributed by atoms with E-state index in [0.29, 0.717) is 13.2 Å². The molecule has 1 rings (SSSR count). The van der Waals surface area contributed by atoms with Gasteiger partial charge in [0, 0.05) is 25.5 Å². The molecule has 5 nitrogen and oxygen atoms in total. The summed E-state index contributed by atoms with van der Waals surface area (Å²) in [5.41, 5.74) is 1.96. The summed E-state index contributed by atoms with van der Waals surface area (Å²) < 4.78 is 4.82. The van der Waals surface area contributed by atoms with E-state index in [1.807, 2.05) is 37.3 Å². The summed E-state index contributed by atoms with van der Waals surface area (Å²) in [7, 11) is 1.55. The molecule has 0 saturated carbocycles. The summed E-state index contributed by atoms with van der Waals surface area (Å²) in [5, 5.41) is 14.5. The van der Waals surface area contributed by atoms with Crippen LogP contribution in [0.5, 0.6) is 0 Å². The molecule has 0 heterocycles. The Labute approximate surface area is 112 Å². The van der Waals surface area contributed by atoms with Crippen molar-refractivity contribution in [3.05, 3.63) is 41.6 Å². The first-order valence-corrected chi connectivity index (χ1v) is 5.88. The van der Waals surface area contributed by atoms with Crippen molar-refractivity contribution >= 4 is 11.6 Å². The number of carbonyl (C=O) groups is 1. The second-order valence-electron chi connectivity index (χ2n) is 3.93. The zero-order valence-corrected chi connectivity index (χ0v) is 11.1. The Morgan fingerprint density at radius 2 is 2.32 bits per heavy atom. The van der Waals surface area contributed by atoms with Crippen molar-refractivity contribution in [3.63, 3.8) is 0 Å². The highest BCUT2D eigenvalue weighted by atomic mass is 16.5. The molecule has 0 aromatic heterocycles. The molecule has 5 heteroatoms. The number of amides is 1. The Morgan fingerprint density at radius 1 is 1.53 bits per heavy atom. The van der Waals surface area contributed by atoms with Crippen molar-refractivity contribution in [2.75, 3.05) is 25.6 Å². The molecule has 0 spiro atoms. The SMILES string of the molecule is COCCNC(=O)/C(C#N)=C\Nc1cccc(C)c1. The number of hydrogen-bond donors (Lipinski definition) is 2. The van der Waals surface area contributed by atoms with E-state index >= 15 is 0 Å². The molecule has 0 aliphatic heterocycles. The van der Waals surface area contributed by atoms with Gasteiger partial charge in [-0.25, -0.2) is 0 Å². The van der Waals surface area contributed by atoms with Crippen LogP contribution in [0.2, 0.25) is 0 Å². The number of nitriles is 1. The largest absolute Gasteiger partial charge is 0.383 e. The second kappa shape index (κ2) is 7.90. The molecule has 0 bridgehead atoms. The second-order valence-corrected chi connectivity index (χ2v) is 3.93. The van der Waals surface area contributed by atoms with Crippen LogP contribution in [0, 0.1) is 18.3 Å². The minimum atomic E-state index is -0.417. The summed E-state index contributed by atoms with van der Waals surface area (Å²) in [6.45, 7) is 2.76. The fourth-order valence-corrected chi connectivity index (χ4v) is 1.40. The van der Waals surface area contributed by atoms with Gasteiger partial charge in [-0.15, -0.1) is 0 Å². The van der Waals surface area contributed by atoms with Gasteiger partial charge in [-0.1, -0.05) is 12.1 Å². The molecule has 0 aliphatic rings. The summed E-state index contributed by atoms with van der Waals surface area (Å²) in [6, 6.07) is 9.52. The first-order chi connectivity index (χ1) is 9.17. The monoisotopic (exact) mass is 259 g/mol. The highest BCUT2D eigenvalue weighted by Crippen LogP contribution is 2.09. The Hall–Kier alpha value is -2.32. The third-order valence-corrected chi connectivity index (χ3v) is 2.36. The van der Waals surface area contributed by atoms with Gasteiger partial charge >= 0.3 is 0 Å². The molecule has 19 heavy (non-hydrogen) atoms. The summed E-state index contributed by atoms with van der Waals surface area (Å²) >= 11 is 0. The normalized spacial score (nSPS) is 10.7. The zero-order valence-electron chi connectivity index (χ0n) is 11.1. The zero-order chi connectivity index (χ0) is 14.1. The number of nitrogens with one attached hydrogen (secondary N) is 2. The number of ether oxygens (including phenoxy) is 1. The van der Waals surface area contributed by atoms with Gasteiger partial charge < -0.3 is 15.4 Å². The number of rotatable bonds is 6. The lowest BCUT2D eigenvalue weighted by molar-refractivity contribution is -0.117. The maximum absolute atomic E-state index is 11.6. The fraction of sp³-hybridized carbons (Fsp3) is 0.286. The Kier molecular flexibility index (Phi) is 6.13. The van der Waals surface area contributed by atoms with Crippen molar-refractivity contribution in [1.29, 1.82) is 5.26 Å². The third kappa shape index (κ3) is 5.23. The van der Waals surface area contributed by atoms with Gasteiger partial charge in [0.05, 0.1) is 6.61 Å². The van der Waals surface area contributed by atoms with E-state index in [1.54, 1.807) is 7.11 Å². The average molecular weight is 259 g/mol. The van der Waals surface area contributed by atoms with Crippen LogP contribution in [-0.2, 0) is 9.53 Å². The first kappa shape index (κ1) is 14.7. The lowest BCUT2D eigenvalue weighted by Crippen LogP contribution is -2.28. The van der Waals surface area contributed by atoms with Crippen LogP contribution < -0.4 is 10.6 Å². The highest BCUT2D eigenvalue weighted by Gasteiger charge is 2.07. The van der Waals surface area contributed by atoms with Crippen molar-refractivity contribution in [2.24, 2.45) is 0 Å². The van der Waals surface area contributed by atoms with E-state index in [2.05, 4.69) is 10.6 Å². The van der Waals surface area contributed by atoms with Crippen molar-refractivity contribution in [3.8, 4) is 6.07 Å². The van der Waals surface area contributed by atoms with Gasteiger partial charge in [-0.05, 0) is 24.6 Å². The molecule has 2 N–H and O–H groups in total. The molecule has 0 atom stereocenters. The standard InChI is InChI=1S/C14H17N3O2/c1-11-4-3-5-13(8-11)17-10-12(9-15)14(18)16-6-7-19-2/h3-5,8,10,17H,6-7H2,1-2H3,(H,16,18)/b12-10-. The van der Waals surface area contributed by atoms with Gasteiger partial charge in [0.2, 0.25) is 0 Å². The van der Waals surface area contributed by atoms with Gasteiger partial charge in [-0.2, -0.15) is 5.26 Å². The molecular weight excluding hydrogens is 242 g/mol. The molecule has 0 radical (unpaired) electrons. The lowest BCUT2D eigenvalue weighted by atomic mass is 10.2. The smallest absolute Gasteiger partial charge is 0.263 e. The van der Waals surface area contributed by atoms with E-state index in [4.69, 9.17) is 10.00 Å². The van der Waals surface area contributed by atoms with Crippen LogP contribution in [-0.4, -0.2) is 26.2 Å². The van der Waals surface area contributed by atoms with Crippen LogP contribution in [0.15, 0.2) is 36.0 Å². The molecule has 0 saturated heterocycles. The summed E-state index contributed by atoms with van der Waals surface area (Å²) in [5.74, 6) is -0.417. The number of benzene rings is 1. The van der Waals surface area contributed by atoms with Gasteiger partial charge in [0.25, 0.3) is 5.91 Å². The Morgan fingerprint density at radius 3 is 2.95 bits per heavy atom. The number of hydrogen-bond acceptors (Lipinski definition) is 4. The molecule has 1 aromatic carbocycles. The van der Waals surface area contributed by atoms with E-state index in [0.717, 1.165) is 11.3 Å². The van der Waals surface area contributed by atoms with Crippen molar-refractivity contribution < 1.29 is 9.53 Å². The summed E-state index contributed by atoms with van der Waals surface area (Å²) in [4.78, 5) is 11.6. The van der Waals surface area contributed by atoms with Crippen LogP contribution in [0.3, 0.4) is 0 Å². The van der Waals surface area contributed by atoms with E-state index < -0.39 is 5.91 Å². The minimum absolute atomic E-state index is 0.0256. The molecule has 0 unspecified atom stereocenters. The van der Waals surface area contributed by atoms with E-state index in [1.165, 1.54) is 6.20 Å². The molecule has 100 valence electrons. The lowest BCUT2D eigenvalue weighted by Gasteiger charge is -2.05. The molecule has 1 amide bonds. The fourth-order valence-electron chi connectivity index (χ4n) is 1.40. The van der Waals surface area contributed by atoms with Crippen molar-refractivity contribution in [1.82, 2.24) is 5.32 Å². The maximum atomic E-state index is 11.6. The number of carbonyl (C=O) groups excluding carboxylic acids is 1. The topological polar surface area (TPSA) is 74.1 Å². The number of anilines is 1. The van der Waals surface area contributed by atoms with Crippen LogP contribution in [0.4, 0.5) is 5.69 Å². The minimum Gasteiger partial charge on any atom is -0.383 e. The first-order valence-electron chi connectivity index (χ1n) is 5.88. The van der Waals surface area contributed by atoms with E-state index in [-0.39, 0.29) is 5.57 Å². The van der Waals surface area contributed by atoms with Crippen LogP contribution >= 0.6 is 0 Å². The van der Waals surface area contributed by atoms with Gasteiger partial charge in [-0.3, -0.25) is 4.79 Å². The Balaban J connectivity index is 2.62. The molecule has 0 aliphatic carbocycles.